The molecule has 0 atom stereocenters. The minimum atomic E-state index is 0.579. The summed E-state index contributed by atoms with van der Waals surface area (Å²) < 4.78 is 5.72. The van der Waals surface area contributed by atoms with Gasteiger partial charge in [-0.2, -0.15) is 5.26 Å². The van der Waals surface area contributed by atoms with Crippen molar-refractivity contribution in [2.75, 3.05) is 6.61 Å². The van der Waals surface area contributed by atoms with Crippen molar-refractivity contribution in [2.45, 2.75) is 32.6 Å². The van der Waals surface area contributed by atoms with E-state index >= 15 is 0 Å². The summed E-state index contributed by atoms with van der Waals surface area (Å²) in [5, 5.41) is 9.05. The molecule has 2 aromatic carbocycles. The molecule has 0 saturated carbocycles. The molecule has 0 radical (unpaired) electrons. The Balaban J connectivity index is 1.90. The maximum absolute atomic E-state index is 9.05. The molecule has 118 valence electrons. The third-order valence-electron chi connectivity index (χ3n) is 3.52. The van der Waals surface area contributed by atoms with Crippen LogP contribution in [0.5, 0.6) is 5.75 Å². The van der Waals surface area contributed by atoms with Crippen LogP contribution >= 0.6 is 0 Å². The molecule has 2 aromatic rings. The first-order chi connectivity index (χ1) is 11.3. The van der Waals surface area contributed by atoms with Crippen molar-refractivity contribution in [3.63, 3.8) is 0 Å². The fourth-order valence-electron chi connectivity index (χ4n) is 2.19. The van der Waals surface area contributed by atoms with Crippen LogP contribution in [0.4, 0.5) is 5.69 Å². The normalized spacial score (nSPS) is 10.6. The highest BCUT2D eigenvalue weighted by Crippen LogP contribution is 2.18. The molecule has 0 aliphatic heterocycles. The third-order valence-corrected chi connectivity index (χ3v) is 3.52. The van der Waals surface area contributed by atoms with E-state index in [4.69, 9.17) is 10.00 Å². The van der Waals surface area contributed by atoms with E-state index in [0.717, 1.165) is 24.3 Å². The molecule has 2 rings (SSSR count). The van der Waals surface area contributed by atoms with Crippen LogP contribution in [0.25, 0.3) is 0 Å². The molecule has 0 heterocycles. The predicted octanol–water partition coefficient (Wildman–Crippen LogP) is 5.27. The zero-order valence-corrected chi connectivity index (χ0v) is 13.5. The number of para-hydroxylation sites is 1. The average Bonchev–Trinajstić information content (AvgIpc) is 2.61. The lowest BCUT2D eigenvalue weighted by molar-refractivity contribution is 0.305. The van der Waals surface area contributed by atoms with Crippen LogP contribution in [-0.4, -0.2) is 12.8 Å². The predicted molar refractivity (Wildman–Crippen MR) is 94.5 cm³/mol. The van der Waals surface area contributed by atoms with Crippen LogP contribution in [0.1, 0.15) is 43.7 Å². The summed E-state index contributed by atoms with van der Waals surface area (Å²) in [6, 6.07) is 17.3. The molecule has 0 aliphatic carbocycles. The van der Waals surface area contributed by atoms with E-state index in [9.17, 15) is 0 Å². The van der Waals surface area contributed by atoms with Gasteiger partial charge in [-0.15, -0.1) is 0 Å². The van der Waals surface area contributed by atoms with Crippen LogP contribution in [0.2, 0.25) is 0 Å². The van der Waals surface area contributed by atoms with Gasteiger partial charge in [0.1, 0.15) is 11.8 Å². The topological polar surface area (TPSA) is 45.4 Å². The summed E-state index contributed by atoms with van der Waals surface area (Å²) in [5.41, 5.74) is 2.25. The molecule has 0 aromatic heterocycles. The smallest absolute Gasteiger partial charge is 0.119 e. The third kappa shape index (κ3) is 5.60. The highest BCUT2D eigenvalue weighted by atomic mass is 16.5. The van der Waals surface area contributed by atoms with Crippen LogP contribution in [0.15, 0.2) is 53.5 Å². The van der Waals surface area contributed by atoms with Gasteiger partial charge in [0.15, 0.2) is 0 Å². The Morgan fingerprint density at radius 3 is 2.57 bits per heavy atom. The largest absolute Gasteiger partial charge is 0.494 e. The average molecular weight is 306 g/mol. The van der Waals surface area contributed by atoms with Crippen LogP contribution < -0.4 is 4.74 Å². The lowest BCUT2D eigenvalue weighted by Crippen LogP contribution is -1.97. The monoisotopic (exact) mass is 306 g/mol. The molecule has 3 nitrogen and oxygen atoms in total. The van der Waals surface area contributed by atoms with Gasteiger partial charge in [0.25, 0.3) is 0 Å². The molecular formula is C20H22N2O. The summed E-state index contributed by atoms with van der Waals surface area (Å²) >= 11 is 0. The minimum absolute atomic E-state index is 0.579. The highest BCUT2D eigenvalue weighted by Gasteiger charge is 1.98. The number of rotatable bonds is 8. The first-order valence-electron chi connectivity index (χ1n) is 8.09. The fourth-order valence-corrected chi connectivity index (χ4v) is 2.19. The Hall–Kier alpha value is -2.60. The van der Waals surface area contributed by atoms with Crippen LogP contribution in [0.3, 0.4) is 0 Å². The van der Waals surface area contributed by atoms with E-state index in [0.29, 0.717) is 11.3 Å². The first kappa shape index (κ1) is 16.8. The molecular weight excluding hydrogens is 284 g/mol. The summed E-state index contributed by atoms with van der Waals surface area (Å²) in [5.74, 6) is 0.885. The molecule has 0 unspecified atom stereocenters. The second kappa shape index (κ2) is 9.42. The van der Waals surface area contributed by atoms with Gasteiger partial charge in [-0.05, 0) is 48.4 Å². The first-order valence-corrected chi connectivity index (χ1v) is 8.09. The Morgan fingerprint density at radius 2 is 1.83 bits per heavy atom. The standard InChI is InChI=1S/C20H22N2O/c1-2-3-4-7-14-23-19-12-10-17(11-13-19)16-22-20-9-6-5-8-18(20)15-21/h5-6,8-13,16H,2-4,7,14H2,1H3. The number of benzene rings is 2. The van der Waals surface area contributed by atoms with Crippen molar-refractivity contribution < 1.29 is 4.74 Å². The summed E-state index contributed by atoms with van der Waals surface area (Å²) in [6.07, 6.45) is 6.59. The molecule has 0 spiro atoms. The molecule has 0 amide bonds. The van der Waals surface area contributed by atoms with Gasteiger partial charge in [-0.3, -0.25) is 4.99 Å². The van der Waals surface area contributed by atoms with Crippen molar-refractivity contribution in [1.29, 1.82) is 5.26 Å². The zero-order valence-electron chi connectivity index (χ0n) is 13.5. The van der Waals surface area contributed by atoms with Gasteiger partial charge in [-0.25, -0.2) is 0 Å². The Kier molecular flexibility index (Phi) is 6.87. The Bertz CT molecular complexity index is 669. The molecule has 0 bridgehead atoms. The SMILES string of the molecule is CCCCCCOc1ccc(C=Nc2ccccc2C#N)cc1. The van der Waals surface area contributed by atoms with Gasteiger partial charge < -0.3 is 4.74 Å². The van der Waals surface area contributed by atoms with E-state index in [1.807, 2.05) is 42.5 Å². The number of nitrogens with zero attached hydrogens (tertiary/aromatic N) is 2. The van der Waals surface area contributed by atoms with Crippen molar-refractivity contribution in [1.82, 2.24) is 0 Å². The van der Waals surface area contributed by atoms with Crippen molar-refractivity contribution in [3.05, 3.63) is 59.7 Å². The van der Waals surface area contributed by atoms with Crippen molar-refractivity contribution >= 4 is 11.9 Å². The van der Waals surface area contributed by atoms with Gasteiger partial charge in [0.05, 0.1) is 17.9 Å². The summed E-state index contributed by atoms with van der Waals surface area (Å²) in [7, 11) is 0. The van der Waals surface area contributed by atoms with E-state index in [1.165, 1.54) is 19.3 Å². The number of unbranched alkanes of at least 4 members (excludes halogenated alkanes) is 3. The summed E-state index contributed by atoms with van der Waals surface area (Å²) in [6.45, 7) is 2.97. The number of aliphatic imine (C=N–C) groups is 1. The molecule has 0 saturated heterocycles. The lowest BCUT2D eigenvalue weighted by Gasteiger charge is -2.06. The van der Waals surface area contributed by atoms with Gasteiger partial charge in [0, 0.05) is 6.21 Å². The molecule has 0 fully saturated rings. The van der Waals surface area contributed by atoms with Gasteiger partial charge in [0.2, 0.25) is 0 Å². The maximum Gasteiger partial charge on any atom is 0.119 e. The molecule has 0 N–H and O–H groups in total. The number of ether oxygens (including phenoxy) is 1. The molecule has 3 heteroatoms. The van der Waals surface area contributed by atoms with Crippen molar-refractivity contribution in [2.24, 2.45) is 4.99 Å². The minimum Gasteiger partial charge on any atom is -0.494 e. The van der Waals surface area contributed by atoms with Gasteiger partial charge in [-0.1, -0.05) is 38.3 Å². The fraction of sp³-hybridized carbons (Fsp3) is 0.300. The number of hydrogen-bond donors (Lipinski definition) is 0. The van der Waals surface area contributed by atoms with Crippen molar-refractivity contribution in [3.8, 4) is 11.8 Å². The molecule has 0 aliphatic rings. The molecule has 23 heavy (non-hydrogen) atoms. The lowest BCUT2D eigenvalue weighted by atomic mass is 10.2. The zero-order chi connectivity index (χ0) is 16.3. The van der Waals surface area contributed by atoms with E-state index in [-0.39, 0.29) is 0 Å². The highest BCUT2D eigenvalue weighted by molar-refractivity contribution is 5.82. The quantitative estimate of drug-likeness (QED) is 0.493. The van der Waals surface area contributed by atoms with Gasteiger partial charge >= 0.3 is 0 Å². The summed E-state index contributed by atoms with van der Waals surface area (Å²) in [4.78, 5) is 4.38. The van der Waals surface area contributed by atoms with E-state index in [1.54, 1.807) is 12.3 Å². The second-order valence-electron chi connectivity index (χ2n) is 5.37. The van der Waals surface area contributed by atoms with E-state index in [2.05, 4.69) is 18.0 Å². The Morgan fingerprint density at radius 1 is 1.04 bits per heavy atom. The maximum atomic E-state index is 9.05. The van der Waals surface area contributed by atoms with Crippen LogP contribution in [0, 0.1) is 11.3 Å². The number of hydrogen-bond acceptors (Lipinski definition) is 3. The second-order valence-corrected chi connectivity index (χ2v) is 5.37. The Labute approximate surface area is 138 Å². The van der Waals surface area contributed by atoms with E-state index < -0.39 is 0 Å². The van der Waals surface area contributed by atoms with Crippen LogP contribution in [-0.2, 0) is 0 Å². The number of nitriles is 1.